The van der Waals surface area contributed by atoms with E-state index in [0.29, 0.717) is 22.2 Å². The Labute approximate surface area is 220 Å². The van der Waals surface area contributed by atoms with Crippen molar-refractivity contribution in [2.45, 2.75) is 18.9 Å². The Balaban J connectivity index is 1.27. The van der Waals surface area contributed by atoms with E-state index in [0.717, 1.165) is 52.1 Å². The minimum absolute atomic E-state index is 0.0382. The Morgan fingerprint density at radius 3 is 2.61 bits per heavy atom. The van der Waals surface area contributed by atoms with E-state index in [-0.39, 0.29) is 23.2 Å². The first-order chi connectivity index (χ1) is 18.4. The molecule has 1 unspecified atom stereocenters. The van der Waals surface area contributed by atoms with Gasteiger partial charge in [0.2, 0.25) is 0 Å². The molecular weight excluding hydrogens is 485 g/mol. The average Bonchev–Trinajstić information content (AvgIpc) is 3.38. The fraction of sp³-hybridized carbons (Fsp3) is 0.357. The van der Waals surface area contributed by atoms with E-state index in [9.17, 15) is 14.0 Å². The number of fused-ring (bicyclic) bond motifs is 1. The maximum absolute atomic E-state index is 13.6. The largest absolute Gasteiger partial charge is 0.334 e. The highest BCUT2D eigenvalue weighted by Gasteiger charge is 2.31. The molecule has 198 valence electrons. The molecule has 10 heteroatoms. The number of hydrogen-bond donors (Lipinski definition) is 2. The second-order valence-electron chi connectivity index (χ2n) is 9.96. The highest BCUT2D eigenvalue weighted by atomic mass is 19.1. The van der Waals surface area contributed by atoms with Crippen molar-refractivity contribution in [3.63, 3.8) is 0 Å². The summed E-state index contributed by atoms with van der Waals surface area (Å²) in [6.45, 7) is 5.90. The molecule has 2 aromatic carbocycles. The highest BCUT2D eigenvalue weighted by molar-refractivity contribution is 6.38. The summed E-state index contributed by atoms with van der Waals surface area (Å²) in [7, 11) is 2.14. The number of carbonyl (C=O) groups is 1. The molecule has 38 heavy (non-hydrogen) atoms. The second kappa shape index (κ2) is 11.2. The van der Waals surface area contributed by atoms with E-state index in [2.05, 4.69) is 31.9 Å². The van der Waals surface area contributed by atoms with Crippen LogP contribution in [0.1, 0.15) is 28.8 Å². The van der Waals surface area contributed by atoms with Gasteiger partial charge in [-0.25, -0.2) is 4.39 Å². The number of carbonyl (C=O) groups excluding carboxylic acids is 1. The van der Waals surface area contributed by atoms with Crippen molar-refractivity contribution < 1.29 is 9.18 Å². The number of H-pyrrole nitrogens is 1. The van der Waals surface area contributed by atoms with Crippen molar-refractivity contribution >= 4 is 34.4 Å². The van der Waals surface area contributed by atoms with Gasteiger partial charge in [-0.05, 0) is 68.4 Å². The molecule has 0 aliphatic carbocycles. The number of hydrazone groups is 1. The number of likely N-dealkylation sites (N-methyl/N-ethyl adjacent to an activating group) is 1. The van der Waals surface area contributed by atoms with Gasteiger partial charge < -0.3 is 20.6 Å². The zero-order valence-corrected chi connectivity index (χ0v) is 21.4. The minimum atomic E-state index is -0.412. The number of nitrogens with one attached hydrogen (secondary N) is 1. The fourth-order valence-corrected chi connectivity index (χ4v) is 5.15. The summed E-state index contributed by atoms with van der Waals surface area (Å²) < 4.78 is 13.6. The molecule has 1 amide bonds. The number of pyridine rings is 1. The molecule has 2 aliphatic rings. The molecule has 1 atom stereocenters. The summed E-state index contributed by atoms with van der Waals surface area (Å²) in [5, 5.41) is 4.23. The number of amides is 1. The monoisotopic (exact) mass is 517 g/mol. The number of aromatic nitrogens is 1. The maximum atomic E-state index is 13.6. The van der Waals surface area contributed by atoms with Crippen LogP contribution in [0.15, 0.2) is 63.4 Å². The number of aliphatic imine (C=N–C) groups is 1. The van der Waals surface area contributed by atoms with Gasteiger partial charge in [0.1, 0.15) is 11.5 Å². The molecule has 0 spiro atoms. The topological polar surface area (TPSA) is 110 Å². The lowest BCUT2D eigenvalue weighted by atomic mass is 10.1. The summed E-state index contributed by atoms with van der Waals surface area (Å²) in [6.07, 6.45) is 3.44. The molecule has 0 saturated carbocycles. The van der Waals surface area contributed by atoms with Crippen molar-refractivity contribution in [1.29, 1.82) is 0 Å². The van der Waals surface area contributed by atoms with Gasteiger partial charge in [-0.15, -0.1) is 0 Å². The van der Waals surface area contributed by atoms with Crippen molar-refractivity contribution in [2.24, 2.45) is 15.9 Å². The van der Waals surface area contributed by atoms with E-state index in [1.54, 1.807) is 24.3 Å². The molecule has 2 aliphatic heterocycles. The number of aromatic amines is 1. The first-order valence-electron chi connectivity index (χ1n) is 12.9. The van der Waals surface area contributed by atoms with Gasteiger partial charge in [-0.3, -0.25) is 19.5 Å². The first-order valence-corrected chi connectivity index (χ1v) is 12.9. The van der Waals surface area contributed by atoms with Crippen LogP contribution in [0.2, 0.25) is 0 Å². The van der Waals surface area contributed by atoms with E-state index < -0.39 is 11.4 Å². The van der Waals surface area contributed by atoms with Gasteiger partial charge >= 0.3 is 0 Å². The molecule has 3 heterocycles. The van der Waals surface area contributed by atoms with Gasteiger partial charge in [-0.2, -0.15) is 5.10 Å². The van der Waals surface area contributed by atoms with Crippen molar-refractivity contribution in [2.75, 3.05) is 46.3 Å². The predicted octanol–water partition coefficient (Wildman–Crippen LogP) is 2.58. The van der Waals surface area contributed by atoms with E-state index >= 15 is 0 Å². The van der Waals surface area contributed by atoms with Gasteiger partial charge in [0.25, 0.3) is 11.5 Å². The fourth-order valence-electron chi connectivity index (χ4n) is 5.15. The maximum Gasteiger partial charge on any atom is 0.258 e. The molecule has 0 bridgehead atoms. The molecule has 2 fully saturated rings. The van der Waals surface area contributed by atoms with Crippen LogP contribution in [0.25, 0.3) is 10.9 Å². The Kier molecular flexibility index (Phi) is 7.62. The number of likely N-dealkylation sites (tertiary alicyclic amines) is 1. The molecular formula is C28H32FN7O2. The lowest BCUT2D eigenvalue weighted by molar-refractivity contribution is 0.0667. The summed E-state index contributed by atoms with van der Waals surface area (Å²) in [5.41, 5.74) is 1.65. The van der Waals surface area contributed by atoms with Crippen LogP contribution in [0.5, 0.6) is 0 Å². The Morgan fingerprint density at radius 2 is 1.87 bits per heavy atom. The van der Waals surface area contributed by atoms with Crippen LogP contribution < -0.4 is 11.4 Å². The van der Waals surface area contributed by atoms with Gasteiger partial charge in [0.05, 0.1) is 17.5 Å². The predicted molar refractivity (Wildman–Crippen MR) is 148 cm³/mol. The summed E-state index contributed by atoms with van der Waals surface area (Å²) in [4.78, 5) is 39.7. The van der Waals surface area contributed by atoms with E-state index in [1.807, 2.05) is 4.90 Å². The van der Waals surface area contributed by atoms with Crippen molar-refractivity contribution in [1.82, 2.24) is 19.7 Å². The average molecular weight is 518 g/mol. The number of nitrogens with zero attached hydrogens (tertiary/aromatic N) is 5. The summed E-state index contributed by atoms with van der Waals surface area (Å²) in [5.74, 6) is 5.17. The van der Waals surface area contributed by atoms with Crippen LogP contribution in [0, 0.1) is 5.82 Å². The Bertz CT molecular complexity index is 1430. The molecule has 9 nitrogen and oxygen atoms in total. The SMILES string of the molecule is CN1CCN(CC2CCCN2C(=O)c2ccc(N=CC(=NN)c3cc4cc(F)ccc4[nH]c3=O)cc2)CC1. The van der Waals surface area contributed by atoms with Crippen LogP contribution in [0.3, 0.4) is 0 Å². The summed E-state index contributed by atoms with van der Waals surface area (Å²) in [6, 6.07) is 12.9. The third-order valence-electron chi connectivity index (χ3n) is 7.37. The first kappa shape index (κ1) is 25.7. The lowest BCUT2D eigenvalue weighted by Gasteiger charge is -2.36. The van der Waals surface area contributed by atoms with Crippen molar-refractivity contribution in [3.8, 4) is 0 Å². The van der Waals surface area contributed by atoms with Gasteiger partial charge in [-0.1, -0.05) is 0 Å². The van der Waals surface area contributed by atoms with Crippen molar-refractivity contribution in [3.05, 3.63) is 75.8 Å². The van der Waals surface area contributed by atoms with Crippen LogP contribution in [-0.4, -0.2) is 89.9 Å². The van der Waals surface area contributed by atoms with Gasteiger partial charge in [0.15, 0.2) is 0 Å². The molecule has 3 N–H and O–H groups in total. The van der Waals surface area contributed by atoms with E-state index in [1.165, 1.54) is 30.5 Å². The highest BCUT2D eigenvalue weighted by Crippen LogP contribution is 2.23. The number of halogens is 1. The smallest absolute Gasteiger partial charge is 0.258 e. The Morgan fingerprint density at radius 1 is 1.11 bits per heavy atom. The number of hydrogen-bond acceptors (Lipinski definition) is 7. The molecule has 5 rings (SSSR count). The number of rotatable bonds is 6. The zero-order chi connectivity index (χ0) is 26.6. The number of benzene rings is 2. The summed E-state index contributed by atoms with van der Waals surface area (Å²) >= 11 is 0. The standard InChI is InChI=1S/C28H32FN7O2/c1-34-11-13-35(14-12-34)18-23-3-2-10-36(23)28(38)19-4-7-22(8-5-19)31-17-26(33-30)24-16-20-15-21(29)6-9-25(20)32-27(24)37/h4-9,15-17,23H,2-3,10-14,18,30H2,1H3,(H,32,37). The number of nitrogens with two attached hydrogens (primary N) is 1. The quantitative estimate of drug-likeness (QED) is 0.297. The minimum Gasteiger partial charge on any atom is -0.334 e. The Hall–Kier alpha value is -3.89. The van der Waals surface area contributed by atoms with E-state index in [4.69, 9.17) is 5.84 Å². The third kappa shape index (κ3) is 5.66. The van der Waals surface area contributed by atoms with Crippen LogP contribution in [0.4, 0.5) is 10.1 Å². The molecule has 2 saturated heterocycles. The lowest BCUT2D eigenvalue weighted by Crippen LogP contribution is -2.50. The molecule has 1 aromatic heterocycles. The third-order valence-corrected chi connectivity index (χ3v) is 7.37. The van der Waals surface area contributed by atoms with Crippen LogP contribution in [-0.2, 0) is 0 Å². The zero-order valence-electron chi connectivity index (χ0n) is 21.4. The van der Waals surface area contributed by atoms with Gasteiger partial charge in [0, 0.05) is 61.8 Å². The second-order valence-corrected chi connectivity index (χ2v) is 9.96. The number of piperazine rings is 1. The molecule has 0 radical (unpaired) electrons. The molecule has 3 aromatic rings. The van der Waals surface area contributed by atoms with Crippen LogP contribution >= 0.6 is 0 Å². The normalized spacial score (nSPS) is 19.6.